The van der Waals surface area contributed by atoms with Crippen LogP contribution in [0.2, 0.25) is 5.02 Å². The van der Waals surface area contributed by atoms with Gasteiger partial charge in [-0.15, -0.1) is 0 Å². The molecule has 2 nitrogen and oxygen atoms in total. The minimum absolute atomic E-state index is 0.317. The van der Waals surface area contributed by atoms with Gasteiger partial charge in [0.05, 0.1) is 6.33 Å². The number of halogens is 1. The summed E-state index contributed by atoms with van der Waals surface area (Å²) in [5.41, 5.74) is 4.87. The smallest absolute Gasteiger partial charge is 0.0945 e. The average Bonchev–Trinajstić information content (AvgIpc) is 2.94. The molecule has 0 amide bonds. The molecule has 4 rings (SSSR count). The average molecular weight is 301 g/mol. The Bertz CT molecular complexity index is 662. The number of hydrogen-bond acceptors (Lipinski definition) is 1. The maximum absolute atomic E-state index is 6.46. The Labute approximate surface area is 131 Å². The van der Waals surface area contributed by atoms with Gasteiger partial charge in [0.25, 0.3) is 0 Å². The molecule has 1 aromatic heterocycles. The first-order valence-corrected chi connectivity index (χ1v) is 8.30. The maximum atomic E-state index is 6.46. The Morgan fingerprint density at radius 2 is 2.33 bits per heavy atom. The quantitative estimate of drug-likeness (QED) is 0.804. The third kappa shape index (κ3) is 2.20. The molecule has 2 aliphatic carbocycles. The van der Waals surface area contributed by atoms with Crippen LogP contribution in [0, 0.1) is 5.92 Å². The summed E-state index contributed by atoms with van der Waals surface area (Å²) in [6, 6.07) is 4.38. The molecular weight excluding hydrogens is 280 g/mol. The zero-order chi connectivity index (χ0) is 14.4. The van der Waals surface area contributed by atoms with E-state index in [9.17, 15) is 0 Å². The number of aromatic nitrogens is 2. The summed E-state index contributed by atoms with van der Waals surface area (Å²) in [6.07, 6.45) is 12.1. The molecule has 0 fully saturated rings. The molecule has 3 heteroatoms. The van der Waals surface area contributed by atoms with E-state index in [0.29, 0.717) is 11.3 Å². The van der Waals surface area contributed by atoms with Crippen molar-refractivity contribution in [3.05, 3.63) is 52.6 Å². The molecule has 21 heavy (non-hydrogen) atoms. The first-order chi connectivity index (χ1) is 10.2. The molecule has 0 unspecified atom stereocenters. The van der Waals surface area contributed by atoms with E-state index in [-0.39, 0.29) is 0 Å². The Morgan fingerprint density at radius 1 is 1.43 bits per heavy atom. The summed E-state index contributed by atoms with van der Waals surface area (Å²) in [4.78, 5) is 4.17. The van der Waals surface area contributed by atoms with Crippen LogP contribution in [0.25, 0.3) is 0 Å². The molecule has 0 bridgehead atoms. The zero-order valence-corrected chi connectivity index (χ0v) is 13.2. The van der Waals surface area contributed by atoms with Crippen molar-refractivity contribution in [3.8, 4) is 0 Å². The highest BCUT2D eigenvalue weighted by atomic mass is 35.5. The van der Waals surface area contributed by atoms with E-state index in [1.54, 1.807) is 5.56 Å². The number of hydrogen-bond donors (Lipinski definition) is 0. The molecule has 2 aliphatic rings. The zero-order valence-electron chi connectivity index (χ0n) is 12.5. The fourth-order valence-corrected chi connectivity index (χ4v) is 4.92. The van der Waals surface area contributed by atoms with Crippen molar-refractivity contribution in [1.29, 1.82) is 0 Å². The van der Waals surface area contributed by atoms with Gasteiger partial charge in [0.1, 0.15) is 0 Å². The molecule has 2 atom stereocenters. The van der Waals surface area contributed by atoms with Gasteiger partial charge < -0.3 is 4.57 Å². The first-order valence-electron chi connectivity index (χ1n) is 7.92. The lowest BCUT2D eigenvalue weighted by molar-refractivity contribution is 0.251. The van der Waals surface area contributed by atoms with Crippen molar-refractivity contribution in [2.45, 2.75) is 51.0 Å². The molecule has 0 N–H and O–H groups in total. The van der Waals surface area contributed by atoms with Crippen molar-refractivity contribution in [3.63, 3.8) is 0 Å². The second kappa shape index (κ2) is 4.88. The van der Waals surface area contributed by atoms with E-state index >= 15 is 0 Å². The highest BCUT2D eigenvalue weighted by Crippen LogP contribution is 2.49. The minimum atomic E-state index is 0.317. The fourth-order valence-electron chi connectivity index (χ4n) is 4.66. The molecule has 110 valence electrons. The summed E-state index contributed by atoms with van der Waals surface area (Å²) >= 11 is 6.46. The summed E-state index contributed by atoms with van der Waals surface area (Å²) in [6.45, 7) is 3.53. The van der Waals surface area contributed by atoms with Crippen molar-refractivity contribution in [1.82, 2.24) is 9.55 Å². The summed E-state index contributed by atoms with van der Waals surface area (Å²) in [7, 11) is 0. The number of rotatable bonds is 2. The van der Waals surface area contributed by atoms with Crippen LogP contribution in [-0.2, 0) is 24.8 Å². The molecule has 1 aromatic carbocycles. The van der Waals surface area contributed by atoms with E-state index in [1.807, 2.05) is 12.5 Å². The van der Waals surface area contributed by atoms with Crippen molar-refractivity contribution in [2.24, 2.45) is 5.92 Å². The molecular formula is C18H21ClN2. The van der Waals surface area contributed by atoms with Gasteiger partial charge in [-0.25, -0.2) is 4.98 Å². The Hall–Kier alpha value is -1.28. The van der Waals surface area contributed by atoms with E-state index in [4.69, 9.17) is 11.6 Å². The van der Waals surface area contributed by atoms with Gasteiger partial charge in [-0.1, -0.05) is 24.6 Å². The number of benzene rings is 1. The predicted molar refractivity (Wildman–Crippen MR) is 85.8 cm³/mol. The van der Waals surface area contributed by atoms with Gasteiger partial charge >= 0.3 is 0 Å². The van der Waals surface area contributed by atoms with E-state index in [2.05, 4.69) is 34.8 Å². The topological polar surface area (TPSA) is 17.8 Å². The van der Waals surface area contributed by atoms with Gasteiger partial charge in [-0.05, 0) is 66.2 Å². The summed E-state index contributed by atoms with van der Waals surface area (Å²) < 4.78 is 2.22. The van der Waals surface area contributed by atoms with Gasteiger partial charge in [-0.2, -0.15) is 0 Å². The van der Waals surface area contributed by atoms with Crippen LogP contribution in [0.5, 0.6) is 0 Å². The second-order valence-corrected chi connectivity index (χ2v) is 7.42. The highest BCUT2D eigenvalue weighted by Gasteiger charge is 2.40. The minimum Gasteiger partial charge on any atom is -0.337 e. The lowest BCUT2D eigenvalue weighted by Crippen LogP contribution is -2.37. The van der Waals surface area contributed by atoms with Gasteiger partial charge in [-0.3, -0.25) is 0 Å². The standard InChI is InChI=1S/C18H21ClN2/c1-18-6-2-3-15-16(19)5-4-14(17(15)18)9-13(10-18)11-21-8-7-20-12-21/h4-5,7-8,12-13H,2-3,6,9-11H2,1H3/t13-,18-/m1/s1. The molecule has 1 heterocycles. The van der Waals surface area contributed by atoms with Crippen LogP contribution in [0.4, 0.5) is 0 Å². The third-order valence-electron chi connectivity index (χ3n) is 5.38. The predicted octanol–water partition coefficient (Wildman–Crippen LogP) is 4.39. The van der Waals surface area contributed by atoms with Crippen LogP contribution in [0.3, 0.4) is 0 Å². The van der Waals surface area contributed by atoms with Crippen molar-refractivity contribution in [2.75, 3.05) is 0 Å². The summed E-state index contributed by atoms with van der Waals surface area (Å²) in [5.74, 6) is 0.698. The maximum Gasteiger partial charge on any atom is 0.0945 e. The number of imidazole rings is 1. The molecule has 2 aromatic rings. The van der Waals surface area contributed by atoms with Gasteiger partial charge in [0, 0.05) is 24.0 Å². The Balaban J connectivity index is 1.72. The molecule has 0 spiro atoms. The molecule has 0 radical (unpaired) electrons. The SMILES string of the molecule is C[C@]12CCCc3c(Cl)ccc(c31)C[C@@H](Cn1ccnc1)C2. The van der Waals surface area contributed by atoms with Crippen LogP contribution in [0.15, 0.2) is 30.9 Å². The third-order valence-corrected chi connectivity index (χ3v) is 5.73. The van der Waals surface area contributed by atoms with Crippen LogP contribution in [-0.4, -0.2) is 9.55 Å². The van der Waals surface area contributed by atoms with Crippen LogP contribution < -0.4 is 0 Å². The Morgan fingerprint density at radius 3 is 3.14 bits per heavy atom. The monoisotopic (exact) mass is 300 g/mol. The molecule has 0 saturated carbocycles. The van der Waals surface area contributed by atoms with Crippen molar-refractivity contribution < 1.29 is 0 Å². The highest BCUT2D eigenvalue weighted by molar-refractivity contribution is 6.31. The first kappa shape index (κ1) is 13.4. The van der Waals surface area contributed by atoms with E-state index in [0.717, 1.165) is 18.0 Å². The van der Waals surface area contributed by atoms with E-state index in [1.165, 1.54) is 36.8 Å². The van der Waals surface area contributed by atoms with Crippen LogP contribution in [0.1, 0.15) is 42.9 Å². The van der Waals surface area contributed by atoms with Gasteiger partial charge in [0.15, 0.2) is 0 Å². The lowest BCUT2D eigenvalue weighted by atomic mass is 9.61. The fraction of sp³-hybridized carbons (Fsp3) is 0.500. The normalized spacial score (nSPS) is 27.4. The molecule has 0 saturated heterocycles. The number of nitrogens with zero attached hydrogens (tertiary/aromatic N) is 2. The largest absolute Gasteiger partial charge is 0.337 e. The Kier molecular flexibility index (Phi) is 3.11. The lowest BCUT2D eigenvalue weighted by Gasteiger charge is -2.44. The van der Waals surface area contributed by atoms with Crippen LogP contribution >= 0.6 is 11.6 Å². The molecule has 0 aliphatic heterocycles. The summed E-state index contributed by atoms with van der Waals surface area (Å²) in [5, 5.41) is 0.979. The van der Waals surface area contributed by atoms with Gasteiger partial charge in [0.2, 0.25) is 0 Å². The van der Waals surface area contributed by atoms with E-state index < -0.39 is 0 Å². The second-order valence-electron chi connectivity index (χ2n) is 7.01. The van der Waals surface area contributed by atoms with Crippen molar-refractivity contribution >= 4 is 11.6 Å².